The van der Waals surface area contributed by atoms with E-state index in [0.717, 1.165) is 30.4 Å². The highest BCUT2D eigenvalue weighted by molar-refractivity contribution is 5.49. The second-order valence-electron chi connectivity index (χ2n) is 6.39. The number of aromatic nitrogens is 4. The lowest BCUT2D eigenvalue weighted by Crippen LogP contribution is -2.31. The van der Waals surface area contributed by atoms with Gasteiger partial charge in [-0.3, -0.25) is 0 Å². The maximum atomic E-state index is 4.55. The van der Waals surface area contributed by atoms with Crippen LogP contribution >= 0.6 is 0 Å². The fourth-order valence-electron chi connectivity index (χ4n) is 3.19. The van der Waals surface area contributed by atoms with Crippen LogP contribution in [0.3, 0.4) is 0 Å². The maximum Gasteiger partial charge on any atom is 0.254 e. The lowest BCUT2D eigenvalue weighted by molar-refractivity contribution is 0.493. The van der Waals surface area contributed by atoms with Gasteiger partial charge in [0.25, 0.3) is 5.78 Å². The van der Waals surface area contributed by atoms with Gasteiger partial charge in [-0.1, -0.05) is 20.8 Å². The third-order valence-electron chi connectivity index (χ3n) is 4.40. The van der Waals surface area contributed by atoms with E-state index >= 15 is 0 Å². The molecule has 2 aromatic rings. The zero-order chi connectivity index (χ0) is 14.8. The third kappa shape index (κ3) is 2.87. The predicted octanol–water partition coefficient (Wildman–Crippen LogP) is 3.09. The van der Waals surface area contributed by atoms with Crippen molar-refractivity contribution in [3.8, 4) is 0 Å². The summed E-state index contributed by atoms with van der Waals surface area (Å²) in [5.41, 5.74) is 1.10. The van der Waals surface area contributed by atoms with Crippen molar-refractivity contribution in [2.24, 2.45) is 5.92 Å². The van der Waals surface area contributed by atoms with Crippen LogP contribution in [0.1, 0.15) is 52.1 Å². The highest BCUT2D eigenvalue weighted by Crippen LogP contribution is 2.29. The van der Waals surface area contributed by atoms with Crippen molar-refractivity contribution in [1.82, 2.24) is 19.6 Å². The van der Waals surface area contributed by atoms with Gasteiger partial charge < -0.3 is 4.90 Å². The molecule has 0 aliphatic carbocycles. The van der Waals surface area contributed by atoms with Gasteiger partial charge in [-0.25, -0.2) is 4.98 Å². The van der Waals surface area contributed by atoms with Crippen molar-refractivity contribution in [2.75, 3.05) is 11.4 Å². The average Bonchev–Trinajstić information content (AvgIpc) is 3.12. The van der Waals surface area contributed by atoms with E-state index < -0.39 is 0 Å². The molecule has 1 unspecified atom stereocenters. The summed E-state index contributed by atoms with van der Waals surface area (Å²) in [6, 6.07) is 2.82. The molecule has 0 aromatic carbocycles. The van der Waals surface area contributed by atoms with E-state index in [1.807, 2.05) is 4.52 Å². The van der Waals surface area contributed by atoms with Crippen molar-refractivity contribution in [3.63, 3.8) is 0 Å². The first kappa shape index (κ1) is 14.3. The molecule has 0 spiro atoms. The predicted molar refractivity (Wildman–Crippen MR) is 84.6 cm³/mol. The van der Waals surface area contributed by atoms with Crippen LogP contribution in [0.2, 0.25) is 0 Å². The minimum absolute atomic E-state index is 0.631. The first-order chi connectivity index (χ1) is 10.2. The Balaban J connectivity index is 1.92. The van der Waals surface area contributed by atoms with E-state index in [-0.39, 0.29) is 0 Å². The van der Waals surface area contributed by atoms with Gasteiger partial charge in [0.1, 0.15) is 12.1 Å². The Morgan fingerprint density at radius 3 is 3.00 bits per heavy atom. The van der Waals surface area contributed by atoms with Gasteiger partial charge in [-0.05, 0) is 38.0 Å². The highest BCUT2D eigenvalue weighted by atomic mass is 15.4. The van der Waals surface area contributed by atoms with Crippen molar-refractivity contribution in [3.05, 3.63) is 18.1 Å². The molecule has 0 amide bonds. The van der Waals surface area contributed by atoms with E-state index in [9.17, 15) is 0 Å². The molecular weight excluding hydrogens is 262 g/mol. The first-order valence-electron chi connectivity index (χ1n) is 8.15. The molecule has 114 valence electrons. The summed E-state index contributed by atoms with van der Waals surface area (Å²) in [4.78, 5) is 11.3. The monoisotopic (exact) mass is 287 g/mol. The Labute approximate surface area is 126 Å². The summed E-state index contributed by atoms with van der Waals surface area (Å²) in [5.74, 6) is 2.65. The molecule has 0 bridgehead atoms. The minimum atomic E-state index is 0.631. The van der Waals surface area contributed by atoms with Gasteiger partial charge in [-0.2, -0.15) is 14.6 Å². The molecule has 3 heterocycles. The lowest BCUT2D eigenvalue weighted by Gasteiger charge is -2.27. The summed E-state index contributed by atoms with van der Waals surface area (Å²) in [5, 5.41) is 4.37. The molecule has 21 heavy (non-hydrogen) atoms. The summed E-state index contributed by atoms with van der Waals surface area (Å²) < 4.78 is 1.90. The molecule has 1 aliphatic rings. The van der Waals surface area contributed by atoms with Crippen LogP contribution in [-0.2, 0) is 6.42 Å². The van der Waals surface area contributed by atoms with E-state index in [0.29, 0.717) is 6.04 Å². The molecule has 0 radical (unpaired) electrons. The fraction of sp³-hybridized carbons (Fsp3) is 0.688. The Morgan fingerprint density at radius 1 is 1.38 bits per heavy atom. The average molecular weight is 287 g/mol. The van der Waals surface area contributed by atoms with E-state index in [4.69, 9.17) is 0 Å². The topological polar surface area (TPSA) is 46.3 Å². The van der Waals surface area contributed by atoms with Crippen LogP contribution in [0, 0.1) is 5.92 Å². The van der Waals surface area contributed by atoms with Crippen molar-refractivity contribution in [1.29, 1.82) is 0 Å². The highest BCUT2D eigenvalue weighted by Gasteiger charge is 2.27. The van der Waals surface area contributed by atoms with Crippen molar-refractivity contribution < 1.29 is 0 Å². The Hall–Kier alpha value is -1.65. The second-order valence-corrected chi connectivity index (χ2v) is 6.39. The van der Waals surface area contributed by atoms with E-state index in [1.54, 1.807) is 6.33 Å². The number of aryl methyl sites for hydroxylation is 1. The van der Waals surface area contributed by atoms with Crippen LogP contribution in [0.5, 0.6) is 0 Å². The number of hydrogen-bond acceptors (Lipinski definition) is 4. The lowest BCUT2D eigenvalue weighted by atomic mass is 10.0. The second kappa shape index (κ2) is 6.00. The van der Waals surface area contributed by atoms with Crippen LogP contribution in [0.25, 0.3) is 5.78 Å². The van der Waals surface area contributed by atoms with Crippen molar-refractivity contribution in [2.45, 2.75) is 58.9 Å². The number of rotatable bonds is 5. The van der Waals surface area contributed by atoms with Gasteiger partial charge in [0.15, 0.2) is 0 Å². The summed E-state index contributed by atoms with van der Waals surface area (Å²) in [6.45, 7) is 7.86. The SMILES string of the molecule is CCc1cc(N2CCCC2CCC(C)C)n2ncnc2n1. The molecule has 1 aliphatic heterocycles. The maximum absolute atomic E-state index is 4.55. The fourth-order valence-corrected chi connectivity index (χ4v) is 3.19. The van der Waals surface area contributed by atoms with Gasteiger partial charge in [-0.15, -0.1) is 0 Å². The van der Waals surface area contributed by atoms with E-state index in [2.05, 4.69) is 46.8 Å². The Kier molecular flexibility index (Phi) is 4.08. The standard InChI is InChI=1S/C16H25N5/c1-4-13-10-15(21-16(19-13)17-11-18-21)20-9-5-6-14(20)8-7-12(2)3/h10-12,14H,4-9H2,1-3H3. The summed E-state index contributed by atoms with van der Waals surface area (Å²) in [6.07, 6.45) is 7.63. The van der Waals surface area contributed by atoms with Gasteiger partial charge in [0, 0.05) is 24.3 Å². The number of hydrogen-bond donors (Lipinski definition) is 0. The molecule has 5 nitrogen and oxygen atoms in total. The normalized spacial score (nSPS) is 19.0. The molecule has 5 heteroatoms. The molecule has 2 aromatic heterocycles. The van der Waals surface area contributed by atoms with Gasteiger partial charge in [0.2, 0.25) is 0 Å². The molecular formula is C16H25N5. The molecule has 0 saturated carbocycles. The summed E-state index contributed by atoms with van der Waals surface area (Å²) in [7, 11) is 0. The quantitative estimate of drug-likeness (QED) is 0.848. The smallest absolute Gasteiger partial charge is 0.254 e. The van der Waals surface area contributed by atoms with Crippen LogP contribution < -0.4 is 4.90 Å². The Morgan fingerprint density at radius 2 is 2.24 bits per heavy atom. The molecule has 3 rings (SSSR count). The largest absolute Gasteiger partial charge is 0.353 e. The van der Waals surface area contributed by atoms with Crippen LogP contribution in [0.4, 0.5) is 5.82 Å². The zero-order valence-electron chi connectivity index (χ0n) is 13.3. The van der Waals surface area contributed by atoms with Crippen LogP contribution in [-0.4, -0.2) is 32.2 Å². The van der Waals surface area contributed by atoms with E-state index in [1.165, 1.54) is 31.5 Å². The third-order valence-corrected chi connectivity index (χ3v) is 4.40. The molecule has 1 fully saturated rings. The first-order valence-corrected chi connectivity index (χ1v) is 8.15. The molecule has 1 atom stereocenters. The zero-order valence-corrected chi connectivity index (χ0v) is 13.3. The van der Waals surface area contributed by atoms with Crippen LogP contribution in [0.15, 0.2) is 12.4 Å². The van der Waals surface area contributed by atoms with Gasteiger partial charge in [0.05, 0.1) is 0 Å². The minimum Gasteiger partial charge on any atom is -0.353 e. The Bertz CT molecular complexity index is 604. The number of nitrogens with zero attached hydrogens (tertiary/aromatic N) is 5. The molecule has 1 saturated heterocycles. The molecule has 0 N–H and O–H groups in total. The number of anilines is 1. The van der Waals surface area contributed by atoms with Gasteiger partial charge >= 0.3 is 0 Å². The summed E-state index contributed by atoms with van der Waals surface area (Å²) >= 11 is 0. The number of fused-ring (bicyclic) bond motifs is 1. The van der Waals surface area contributed by atoms with Crippen molar-refractivity contribution >= 4 is 11.6 Å².